The van der Waals surface area contributed by atoms with Crippen LogP contribution in [0.3, 0.4) is 0 Å². The molecular formula is C9H18FNW. The van der Waals surface area contributed by atoms with Gasteiger partial charge in [-0.25, -0.2) is 4.39 Å². The molecule has 1 atom stereocenters. The number of rotatable bonds is 0. The molecule has 0 saturated carbocycles. The third-order valence-electron chi connectivity index (χ3n) is 1.21. The Morgan fingerprint density at radius 2 is 1.83 bits per heavy atom. The zero-order valence-corrected chi connectivity index (χ0v) is 11.1. The number of likely N-dealkylation sites (tertiary alicyclic amines) is 1. The van der Waals surface area contributed by atoms with Gasteiger partial charge in [-0.15, -0.1) is 0 Å². The quantitative estimate of drug-likeness (QED) is 0.611. The first-order chi connectivity index (χ1) is 5.02. The molecule has 0 radical (unpaired) electrons. The van der Waals surface area contributed by atoms with Gasteiger partial charge < -0.3 is 10.8 Å². The number of alkyl halides is 1. The summed E-state index contributed by atoms with van der Waals surface area (Å²) in [4.78, 5) is 1.75. The normalized spacial score (nSPS) is 23.0. The summed E-state index contributed by atoms with van der Waals surface area (Å²) in [5.41, 5.74) is 0. The Kier molecular flexibility index (Phi) is 10.3. The molecule has 1 unspecified atom stereocenters. The first-order valence-corrected chi connectivity index (χ1v) is 3.98. The first kappa shape index (κ1) is 15.1. The minimum Gasteiger partial charge on any atom is -0.457 e. The van der Waals surface area contributed by atoms with Crippen molar-refractivity contribution in [1.29, 1.82) is 0 Å². The van der Waals surface area contributed by atoms with E-state index in [2.05, 4.69) is 27.8 Å². The molecule has 0 spiro atoms. The van der Waals surface area contributed by atoms with Gasteiger partial charge in [-0.3, -0.25) is 7.05 Å². The number of hydrogen-bond acceptors (Lipinski definition) is 1. The maximum atomic E-state index is 12.1. The fraction of sp³-hybridized carbons (Fsp3) is 0.778. The second kappa shape index (κ2) is 8.19. The molecule has 0 aliphatic carbocycles. The molecule has 1 fully saturated rings. The van der Waals surface area contributed by atoms with Crippen LogP contribution in [0.1, 0.15) is 27.2 Å². The van der Waals surface area contributed by atoms with Gasteiger partial charge in [-0.1, -0.05) is 0 Å². The Morgan fingerprint density at radius 3 is 1.92 bits per heavy atom. The van der Waals surface area contributed by atoms with Gasteiger partial charge in [-0.05, 0) is 13.0 Å². The first-order valence-electron chi connectivity index (χ1n) is 3.98. The van der Waals surface area contributed by atoms with E-state index in [1.807, 2.05) is 0 Å². The van der Waals surface area contributed by atoms with E-state index < -0.39 is 6.17 Å². The molecule has 0 aromatic heterocycles. The summed E-state index contributed by atoms with van der Waals surface area (Å²) in [5, 5.41) is 0. The molecule has 0 N–H and O–H groups in total. The maximum absolute atomic E-state index is 12.1. The fourth-order valence-electron chi connectivity index (χ4n) is 0.785. The third kappa shape index (κ3) is 10.6. The van der Waals surface area contributed by atoms with E-state index in [9.17, 15) is 4.39 Å². The van der Waals surface area contributed by atoms with E-state index in [0.29, 0.717) is 13.0 Å². The molecule has 3 heteroatoms. The Morgan fingerprint density at radius 1 is 1.42 bits per heavy atom. The van der Waals surface area contributed by atoms with Crippen LogP contribution in [0.15, 0.2) is 0 Å². The van der Waals surface area contributed by atoms with Crippen molar-refractivity contribution in [1.82, 2.24) is 4.90 Å². The summed E-state index contributed by atoms with van der Waals surface area (Å²) in [6.07, 6.45) is 0.0567. The van der Waals surface area contributed by atoms with Crippen molar-refractivity contribution in [2.24, 2.45) is 0 Å². The monoisotopic (exact) mass is 343 g/mol. The summed E-state index contributed by atoms with van der Waals surface area (Å²) in [7, 11) is 3.58. The van der Waals surface area contributed by atoms with Crippen LogP contribution in [0, 0.1) is 13.0 Å². The Balaban J connectivity index is 0. The second-order valence-corrected chi connectivity index (χ2v) is 3.46. The molecule has 1 aliphatic heterocycles. The molecule has 0 aromatic carbocycles. The molecule has 0 aromatic rings. The van der Waals surface area contributed by atoms with Gasteiger partial charge in [-0.2, -0.15) is 20.8 Å². The standard InChI is InChI=1S/C5H9FN.C4H9.W/c1-7-3-2-5(6)4-7;1-4(2)3;/h5H,1-4H2;1-3H3;/q2*-1;+2. The van der Waals surface area contributed by atoms with Crippen molar-refractivity contribution in [3.63, 3.8) is 0 Å². The van der Waals surface area contributed by atoms with Crippen molar-refractivity contribution in [2.75, 3.05) is 13.1 Å². The zero-order valence-electron chi connectivity index (χ0n) is 8.14. The molecule has 12 heavy (non-hydrogen) atoms. The van der Waals surface area contributed by atoms with Gasteiger partial charge in [0.05, 0.1) is 0 Å². The largest absolute Gasteiger partial charge is 2.00 e. The average molecular weight is 343 g/mol. The van der Waals surface area contributed by atoms with Crippen molar-refractivity contribution < 1.29 is 25.5 Å². The summed E-state index contributed by atoms with van der Waals surface area (Å²) < 4.78 is 12.1. The molecule has 1 nitrogen and oxygen atoms in total. The van der Waals surface area contributed by atoms with Crippen LogP contribution in [0.2, 0.25) is 0 Å². The van der Waals surface area contributed by atoms with Crippen LogP contribution in [0.5, 0.6) is 0 Å². The van der Waals surface area contributed by atoms with E-state index in [1.54, 1.807) is 4.90 Å². The molecule has 72 valence electrons. The van der Waals surface area contributed by atoms with Crippen molar-refractivity contribution in [2.45, 2.75) is 33.4 Å². The van der Waals surface area contributed by atoms with Crippen LogP contribution in [-0.2, 0) is 21.1 Å². The summed E-state index contributed by atoms with van der Waals surface area (Å²) in [5.74, 6) is 1.42. The molecular weight excluding hydrogens is 325 g/mol. The fourth-order valence-corrected chi connectivity index (χ4v) is 0.785. The Bertz CT molecular complexity index is 87.8. The van der Waals surface area contributed by atoms with Gasteiger partial charge >= 0.3 is 21.1 Å². The van der Waals surface area contributed by atoms with Crippen molar-refractivity contribution in [3.05, 3.63) is 13.0 Å². The SMILES string of the molecule is C[C-](C)C.[CH2-]N1CCC(F)C1.[W+2]. The van der Waals surface area contributed by atoms with Gasteiger partial charge in [0.25, 0.3) is 0 Å². The number of hydrogen-bond donors (Lipinski definition) is 0. The minimum atomic E-state index is -0.613. The molecule has 1 aliphatic rings. The van der Waals surface area contributed by atoms with E-state index in [0.717, 1.165) is 6.54 Å². The van der Waals surface area contributed by atoms with Crippen molar-refractivity contribution >= 4 is 0 Å². The second-order valence-electron chi connectivity index (χ2n) is 3.46. The van der Waals surface area contributed by atoms with Crippen LogP contribution in [0.25, 0.3) is 0 Å². The molecule has 0 bridgehead atoms. The summed E-state index contributed by atoms with van der Waals surface area (Å²) >= 11 is 0. The van der Waals surface area contributed by atoms with Crippen LogP contribution < -0.4 is 0 Å². The molecule has 1 saturated heterocycles. The smallest absolute Gasteiger partial charge is 0.457 e. The van der Waals surface area contributed by atoms with E-state index in [-0.39, 0.29) is 21.1 Å². The Hall–Kier alpha value is 0.578. The van der Waals surface area contributed by atoms with E-state index in [1.165, 1.54) is 5.92 Å². The van der Waals surface area contributed by atoms with Gasteiger partial charge in [0.15, 0.2) is 0 Å². The van der Waals surface area contributed by atoms with E-state index in [4.69, 9.17) is 0 Å². The van der Waals surface area contributed by atoms with Gasteiger partial charge in [0.2, 0.25) is 0 Å². The molecule has 0 amide bonds. The van der Waals surface area contributed by atoms with Gasteiger partial charge in [0, 0.05) is 6.54 Å². The number of nitrogens with zero attached hydrogens (tertiary/aromatic N) is 1. The van der Waals surface area contributed by atoms with Crippen LogP contribution >= 0.6 is 0 Å². The minimum absolute atomic E-state index is 0. The molecule has 1 rings (SSSR count). The molecule has 1 heterocycles. The predicted molar refractivity (Wildman–Crippen MR) is 46.7 cm³/mol. The zero-order chi connectivity index (χ0) is 8.85. The maximum Gasteiger partial charge on any atom is 2.00 e. The van der Waals surface area contributed by atoms with Crippen molar-refractivity contribution in [3.8, 4) is 0 Å². The van der Waals surface area contributed by atoms with Gasteiger partial charge in [0.1, 0.15) is 6.17 Å². The number of halogens is 1. The van der Waals surface area contributed by atoms with Crippen LogP contribution in [-0.4, -0.2) is 24.2 Å². The average Bonchev–Trinajstić information content (AvgIpc) is 2.13. The summed E-state index contributed by atoms with van der Waals surface area (Å²) in [6.45, 7) is 7.60. The summed E-state index contributed by atoms with van der Waals surface area (Å²) in [6, 6.07) is 0. The topological polar surface area (TPSA) is 3.24 Å². The third-order valence-corrected chi connectivity index (χ3v) is 1.21. The Labute approximate surface area is 90.0 Å². The van der Waals surface area contributed by atoms with E-state index >= 15 is 0 Å². The van der Waals surface area contributed by atoms with Crippen LogP contribution in [0.4, 0.5) is 4.39 Å². The predicted octanol–water partition coefficient (Wildman–Crippen LogP) is 2.44.